The molecule has 5 rings (SSSR count). The van der Waals surface area contributed by atoms with Gasteiger partial charge in [-0.1, -0.05) is 36.4 Å². The number of rotatable bonds is 6. The number of hydrogen-bond acceptors (Lipinski definition) is 5. The van der Waals surface area contributed by atoms with Crippen molar-refractivity contribution in [1.82, 2.24) is 4.31 Å². The molecular weight excluding hydrogens is 462 g/mol. The SMILES string of the molecule is CN1C(=O)COc2ccc(S(=O)(=O)N(C)CCCN3c4ccccc4CCc4ccccc43)cc21. The first-order chi connectivity index (χ1) is 16.9. The topological polar surface area (TPSA) is 70.2 Å². The smallest absolute Gasteiger partial charge is 0.264 e. The van der Waals surface area contributed by atoms with E-state index in [0.717, 1.165) is 12.8 Å². The molecule has 8 heteroatoms. The second-order valence-corrected chi connectivity index (χ2v) is 11.0. The molecule has 0 saturated heterocycles. The van der Waals surface area contributed by atoms with Gasteiger partial charge in [-0.2, -0.15) is 0 Å². The molecule has 0 spiro atoms. The fourth-order valence-corrected chi connectivity index (χ4v) is 6.01. The zero-order valence-electron chi connectivity index (χ0n) is 20.0. The van der Waals surface area contributed by atoms with E-state index in [1.165, 1.54) is 43.8 Å². The number of hydrogen-bond donors (Lipinski definition) is 0. The molecule has 35 heavy (non-hydrogen) atoms. The summed E-state index contributed by atoms with van der Waals surface area (Å²) in [7, 11) is -0.496. The molecular formula is C27H29N3O4S. The Morgan fingerprint density at radius 2 is 1.54 bits per heavy atom. The van der Waals surface area contributed by atoms with E-state index in [9.17, 15) is 13.2 Å². The van der Waals surface area contributed by atoms with Crippen LogP contribution in [0.1, 0.15) is 17.5 Å². The summed E-state index contributed by atoms with van der Waals surface area (Å²) in [6.07, 6.45) is 2.62. The molecule has 0 radical (unpaired) electrons. The van der Waals surface area contributed by atoms with Crippen molar-refractivity contribution in [2.24, 2.45) is 0 Å². The van der Waals surface area contributed by atoms with E-state index in [1.807, 2.05) is 0 Å². The standard InChI is InChI=1S/C27H29N3O4S/c1-28(35(32,33)22-14-15-26-25(18-22)29(2)27(31)19-34-26)16-7-17-30-23-10-5-3-8-20(23)12-13-21-9-4-6-11-24(21)30/h3-6,8-11,14-15,18H,7,12-13,16-17,19H2,1-2H3. The molecule has 0 aromatic heterocycles. The highest BCUT2D eigenvalue weighted by molar-refractivity contribution is 7.89. The number of fused-ring (bicyclic) bond motifs is 3. The van der Waals surface area contributed by atoms with Crippen LogP contribution in [0.2, 0.25) is 0 Å². The molecule has 0 aliphatic carbocycles. The minimum Gasteiger partial charge on any atom is -0.482 e. The maximum atomic E-state index is 13.3. The normalized spacial score (nSPS) is 15.2. The first-order valence-electron chi connectivity index (χ1n) is 11.8. The monoisotopic (exact) mass is 491 g/mol. The van der Waals surface area contributed by atoms with Crippen molar-refractivity contribution in [3.63, 3.8) is 0 Å². The van der Waals surface area contributed by atoms with Gasteiger partial charge in [0.2, 0.25) is 10.0 Å². The van der Waals surface area contributed by atoms with Crippen LogP contribution in [0.5, 0.6) is 5.75 Å². The molecule has 3 aromatic carbocycles. The molecule has 0 saturated carbocycles. The van der Waals surface area contributed by atoms with Gasteiger partial charge in [0.25, 0.3) is 5.91 Å². The molecule has 0 bridgehead atoms. The highest BCUT2D eigenvalue weighted by Gasteiger charge is 2.27. The van der Waals surface area contributed by atoms with E-state index in [4.69, 9.17) is 4.74 Å². The van der Waals surface area contributed by atoms with Gasteiger partial charge in [0.1, 0.15) is 5.75 Å². The first-order valence-corrected chi connectivity index (χ1v) is 13.2. The molecule has 0 fully saturated rings. The lowest BCUT2D eigenvalue weighted by molar-refractivity contribution is -0.121. The van der Waals surface area contributed by atoms with Gasteiger partial charge < -0.3 is 14.5 Å². The summed E-state index contributed by atoms with van der Waals surface area (Å²) in [4.78, 5) is 15.9. The van der Waals surface area contributed by atoms with Crippen molar-refractivity contribution in [3.05, 3.63) is 77.9 Å². The van der Waals surface area contributed by atoms with E-state index in [2.05, 4.69) is 53.4 Å². The van der Waals surface area contributed by atoms with Crippen LogP contribution in [-0.2, 0) is 27.7 Å². The van der Waals surface area contributed by atoms with Crippen molar-refractivity contribution < 1.29 is 17.9 Å². The minimum atomic E-state index is -3.72. The molecule has 0 unspecified atom stereocenters. The van der Waals surface area contributed by atoms with Crippen LogP contribution in [0.25, 0.3) is 0 Å². The van der Waals surface area contributed by atoms with Crippen molar-refractivity contribution >= 4 is 33.0 Å². The Bertz CT molecular complexity index is 1320. The molecule has 0 N–H and O–H groups in total. The Morgan fingerprint density at radius 1 is 0.914 bits per heavy atom. The number of para-hydroxylation sites is 2. The lowest BCUT2D eigenvalue weighted by Crippen LogP contribution is -2.36. The molecule has 0 atom stereocenters. The van der Waals surface area contributed by atoms with Crippen molar-refractivity contribution in [2.45, 2.75) is 24.2 Å². The van der Waals surface area contributed by atoms with Gasteiger partial charge in [-0.15, -0.1) is 0 Å². The summed E-state index contributed by atoms with van der Waals surface area (Å²) in [6.45, 7) is 1.02. The lowest BCUT2D eigenvalue weighted by atomic mass is 10.0. The van der Waals surface area contributed by atoms with Crippen LogP contribution in [-0.4, -0.2) is 52.4 Å². The van der Waals surface area contributed by atoms with E-state index in [0.29, 0.717) is 30.9 Å². The highest BCUT2D eigenvalue weighted by atomic mass is 32.2. The van der Waals surface area contributed by atoms with E-state index >= 15 is 0 Å². The van der Waals surface area contributed by atoms with E-state index in [-0.39, 0.29) is 17.4 Å². The lowest BCUT2D eigenvalue weighted by Gasteiger charge is -2.28. The number of anilines is 3. The molecule has 1 amide bonds. The van der Waals surface area contributed by atoms with Gasteiger partial charge >= 0.3 is 0 Å². The van der Waals surface area contributed by atoms with Crippen LogP contribution >= 0.6 is 0 Å². The number of sulfonamides is 1. The Labute approximate surface area is 206 Å². The van der Waals surface area contributed by atoms with Crippen LogP contribution < -0.4 is 14.5 Å². The Morgan fingerprint density at radius 3 is 2.20 bits per heavy atom. The number of carbonyl (C=O) groups excluding carboxylic acids is 1. The fourth-order valence-electron chi connectivity index (χ4n) is 4.78. The maximum absolute atomic E-state index is 13.3. The van der Waals surface area contributed by atoms with Gasteiger partial charge in [-0.05, 0) is 60.7 Å². The predicted octanol–water partition coefficient (Wildman–Crippen LogP) is 3.99. The molecule has 3 aromatic rings. The number of amides is 1. The summed E-state index contributed by atoms with van der Waals surface area (Å²) in [5, 5.41) is 0. The number of carbonyl (C=O) groups is 1. The summed E-state index contributed by atoms with van der Waals surface area (Å²) in [5.74, 6) is 0.297. The zero-order chi connectivity index (χ0) is 24.6. The van der Waals surface area contributed by atoms with Crippen LogP contribution in [0.15, 0.2) is 71.6 Å². The number of aryl methyl sites for hydroxylation is 2. The van der Waals surface area contributed by atoms with Gasteiger partial charge in [-0.3, -0.25) is 4.79 Å². The number of likely N-dealkylation sites (N-methyl/N-ethyl adjacent to an activating group) is 1. The summed E-state index contributed by atoms with van der Waals surface area (Å²) < 4.78 is 33.4. The predicted molar refractivity (Wildman–Crippen MR) is 137 cm³/mol. The summed E-state index contributed by atoms with van der Waals surface area (Å²) >= 11 is 0. The second-order valence-electron chi connectivity index (χ2n) is 8.96. The minimum absolute atomic E-state index is 0.0434. The number of benzene rings is 3. The largest absolute Gasteiger partial charge is 0.482 e. The first kappa shape index (κ1) is 23.4. The van der Waals surface area contributed by atoms with Gasteiger partial charge in [-0.25, -0.2) is 12.7 Å². The molecule has 2 aliphatic heterocycles. The average Bonchev–Trinajstić information content (AvgIpc) is 3.03. The summed E-state index contributed by atoms with van der Waals surface area (Å²) in [5.41, 5.74) is 5.45. The van der Waals surface area contributed by atoms with Gasteiger partial charge in [0, 0.05) is 38.6 Å². The molecule has 2 heterocycles. The van der Waals surface area contributed by atoms with E-state index < -0.39 is 10.0 Å². The maximum Gasteiger partial charge on any atom is 0.264 e. The van der Waals surface area contributed by atoms with Gasteiger partial charge in [0.05, 0.1) is 10.6 Å². The van der Waals surface area contributed by atoms with Gasteiger partial charge in [0.15, 0.2) is 6.61 Å². The third kappa shape index (κ3) is 4.39. The average molecular weight is 492 g/mol. The molecule has 182 valence electrons. The van der Waals surface area contributed by atoms with Crippen molar-refractivity contribution in [1.29, 1.82) is 0 Å². The van der Waals surface area contributed by atoms with Crippen LogP contribution in [0.4, 0.5) is 17.1 Å². The van der Waals surface area contributed by atoms with Crippen molar-refractivity contribution in [2.75, 3.05) is 43.6 Å². The van der Waals surface area contributed by atoms with Crippen molar-refractivity contribution in [3.8, 4) is 5.75 Å². The third-order valence-corrected chi connectivity index (χ3v) is 8.66. The zero-order valence-corrected chi connectivity index (χ0v) is 20.8. The highest BCUT2D eigenvalue weighted by Crippen LogP contribution is 2.36. The Hall–Kier alpha value is -3.36. The fraction of sp³-hybridized carbons (Fsp3) is 0.296. The quantitative estimate of drug-likeness (QED) is 0.522. The number of nitrogens with zero attached hydrogens (tertiary/aromatic N) is 3. The van der Waals surface area contributed by atoms with Crippen LogP contribution in [0.3, 0.4) is 0 Å². The third-order valence-electron chi connectivity index (χ3n) is 6.81. The van der Waals surface area contributed by atoms with E-state index in [1.54, 1.807) is 20.2 Å². The van der Waals surface area contributed by atoms with Crippen LogP contribution in [0, 0.1) is 0 Å². The molecule has 2 aliphatic rings. The second kappa shape index (κ2) is 9.36. The Balaban J connectivity index is 1.33. The summed E-state index contributed by atoms with van der Waals surface area (Å²) in [6, 6.07) is 21.5. The molecule has 7 nitrogen and oxygen atoms in total. The Kier molecular flexibility index (Phi) is 6.25. The number of ether oxygens (including phenoxy) is 1.